The molecule has 0 radical (unpaired) electrons. The van der Waals surface area contributed by atoms with E-state index in [1.54, 1.807) is 30.5 Å². The zero-order valence-corrected chi connectivity index (χ0v) is 15.1. The molecule has 2 heterocycles. The number of nitrogens with one attached hydrogen (secondary N) is 1. The smallest absolute Gasteiger partial charge is 0.254 e. The molecule has 1 amide bonds. The number of aryl methyl sites for hydroxylation is 1. The molecule has 0 aliphatic rings. The van der Waals surface area contributed by atoms with Crippen LogP contribution in [-0.4, -0.2) is 15.9 Å². The van der Waals surface area contributed by atoms with Crippen molar-refractivity contribution < 1.29 is 9.18 Å². The third-order valence-electron chi connectivity index (χ3n) is 3.68. The summed E-state index contributed by atoms with van der Waals surface area (Å²) in [6, 6.07) is 15.5. The molecule has 1 N–H and O–H groups in total. The summed E-state index contributed by atoms with van der Waals surface area (Å²) in [5.41, 5.74) is 3.21. The zero-order chi connectivity index (χ0) is 18.4. The average molecular weight is 367 g/mol. The maximum Gasteiger partial charge on any atom is 0.254 e. The number of hydrogen-bond acceptors (Lipinski definition) is 4. The summed E-state index contributed by atoms with van der Waals surface area (Å²) in [6.45, 7) is 2.27. The van der Waals surface area contributed by atoms with Gasteiger partial charge in [0, 0.05) is 17.6 Å². The van der Waals surface area contributed by atoms with E-state index in [1.165, 1.54) is 23.9 Å². The molecule has 132 valence electrons. The first kappa shape index (κ1) is 18.1. The number of carbonyl (C=O) groups is 1. The molecule has 6 heteroatoms. The lowest BCUT2D eigenvalue weighted by Gasteiger charge is -2.09. The highest BCUT2D eigenvalue weighted by Crippen LogP contribution is 2.24. The summed E-state index contributed by atoms with van der Waals surface area (Å²) < 4.78 is 13.0. The minimum Gasteiger partial charge on any atom is -0.346 e. The summed E-state index contributed by atoms with van der Waals surface area (Å²) in [6.07, 6.45) is 1.66. The summed E-state index contributed by atoms with van der Waals surface area (Å²) in [4.78, 5) is 21.2. The van der Waals surface area contributed by atoms with Crippen molar-refractivity contribution in [2.24, 2.45) is 0 Å². The molecular weight excluding hydrogens is 349 g/mol. The van der Waals surface area contributed by atoms with Gasteiger partial charge in [-0.25, -0.2) is 9.37 Å². The predicted molar refractivity (Wildman–Crippen MR) is 100 cm³/mol. The van der Waals surface area contributed by atoms with Crippen LogP contribution in [0.3, 0.4) is 0 Å². The molecule has 0 bridgehead atoms. The molecule has 1 aromatic carbocycles. The van der Waals surface area contributed by atoms with Crippen molar-refractivity contribution in [1.82, 2.24) is 15.3 Å². The first-order valence-corrected chi connectivity index (χ1v) is 9.13. The van der Waals surface area contributed by atoms with Crippen molar-refractivity contribution in [3.63, 3.8) is 0 Å². The lowest BCUT2D eigenvalue weighted by atomic mass is 10.2. The number of halogens is 1. The fourth-order valence-corrected chi connectivity index (χ4v) is 3.32. The van der Waals surface area contributed by atoms with Gasteiger partial charge in [-0.05, 0) is 48.9 Å². The molecule has 2 aromatic heterocycles. The van der Waals surface area contributed by atoms with E-state index in [2.05, 4.69) is 15.3 Å². The summed E-state index contributed by atoms with van der Waals surface area (Å²) >= 11 is 1.45. The number of nitrogens with zero attached hydrogens (tertiary/aromatic N) is 2. The van der Waals surface area contributed by atoms with Crippen LogP contribution in [0, 0.1) is 12.7 Å². The van der Waals surface area contributed by atoms with E-state index in [4.69, 9.17) is 0 Å². The number of rotatable bonds is 6. The zero-order valence-electron chi connectivity index (χ0n) is 14.3. The Hall–Kier alpha value is -2.73. The van der Waals surface area contributed by atoms with E-state index >= 15 is 0 Å². The fourth-order valence-electron chi connectivity index (χ4n) is 2.37. The highest BCUT2D eigenvalue weighted by atomic mass is 32.2. The predicted octanol–water partition coefficient (Wildman–Crippen LogP) is 4.15. The molecule has 0 fully saturated rings. The van der Waals surface area contributed by atoms with Gasteiger partial charge < -0.3 is 5.32 Å². The molecule has 0 atom stereocenters. The number of pyridine rings is 2. The molecule has 4 nitrogen and oxygen atoms in total. The lowest BCUT2D eigenvalue weighted by molar-refractivity contribution is 0.0946. The van der Waals surface area contributed by atoms with E-state index in [0.717, 1.165) is 17.0 Å². The average Bonchev–Trinajstić information content (AvgIpc) is 2.66. The summed E-state index contributed by atoms with van der Waals surface area (Å²) in [5.74, 6) is 0.154. The number of amides is 1. The van der Waals surface area contributed by atoms with Gasteiger partial charge in [0.15, 0.2) is 0 Å². The lowest BCUT2D eigenvalue weighted by Crippen LogP contribution is -2.24. The molecule has 3 aromatic rings. The minimum absolute atomic E-state index is 0.192. The second-order valence-electron chi connectivity index (χ2n) is 5.72. The minimum atomic E-state index is -0.263. The van der Waals surface area contributed by atoms with Crippen LogP contribution in [-0.2, 0) is 12.3 Å². The van der Waals surface area contributed by atoms with Crippen LogP contribution in [0.2, 0.25) is 0 Å². The Morgan fingerprint density at radius 1 is 1.12 bits per heavy atom. The fraction of sp³-hybridized carbons (Fsp3) is 0.150. The number of thioether (sulfide) groups is 1. The van der Waals surface area contributed by atoms with Gasteiger partial charge in [-0.15, -0.1) is 11.8 Å². The van der Waals surface area contributed by atoms with Crippen LogP contribution in [0.4, 0.5) is 4.39 Å². The third kappa shape index (κ3) is 4.89. The first-order chi connectivity index (χ1) is 12.6. The first-order valence-electron chi connectivity index (χ1n) is 8.15. The molecule has 0 spiro atoms. The van der Waals surface area contributed by atoms with E-state index in [-0.39, 0.29) is 11.7 Å². The van der Waals surface area contributed by atoms with Crippen LogP contribution < -0.4 is 5.32 Å². The Labute approximate surface area is 155 Å². The van der Waals surface area contributed by atoms with Crippen molar-refractivity contribution in [2.75, 3.05) is 0 Å². The molecule has 26 heavy (non-hydrogen) atoms. The Morgan fingerprint density at radius 2 is 1.92 bits per heavy atom. The van der Waals surface area contributed by atoms with Crippen LogP contribution in [0.15, 0.2) is 65.8 Å². The normalized spacial score (nSPS) is 10.5. The Balaban J connectivity index is 1.65. The van der Waals surface area contributed by atoms with Crippen LogP contribution >= 0.6 is 11.8 Å². The molecule has 0 unspecified atom stereocenters. The van der Waals surface area contributed by atoms with E-state index in [9.17, 15) is 9.18 Å². The largest absolute Gasteiger partial charge is 0.346 e. The van der Waals surface area contributed by atoms with E-state index in [0.29, 0.717) is 22.9 Å². The third-order valence-corrected chi connectivity index (χ3v) is 4.76. The number of hydrogen-bond donors (Lipinski definition) is 1. The Morgan fingerprint density at radius 3 is 2.69 bits per heavy atom. The molecular formula is C20H18FN3OS. The molecule has 0 aliphatic carbocycles. The van der Waals surface area contributed by atoms with Gasteiger partial charge in [0.25, 0.3) is 5.91 Å². The number of aromatic nitrogens is 2. The van der Waals surface area contributed by atoms with Gasteiger partial charge in [0.1, 0.15) is 10.8 Å². The Bertz CT molecular complexity index is 900. The maximum absolute atomic E-state index is 13.0. The van der Waals surface area contributed by atoms with Crippen LogP contribution in [0.1, 0.15) is 27.3 Å². The van der Waals surface area contributed by atoms with Gasteiger partial charge in [-0.2, -0.15) is 0 Å². The summed E-state index contributed by atoms with van der Waals surface area (Å²) in [5, 5.41) is 3.53. The quantitative estimate of drug-likeness (QED) is 0.665. The van der Waals surface area contributed by atoms with Crippen molar-refractivity contribution in [1.29, 1.82) is 0 Å². The SMILES string of the molecule is Cc1cccc(CNC(=O)c2cccnc2SCc2ccc(F)cc2)n1. The molecule has 3 rings (SSSR count). The van der Waals surface area contributed by atoms with Crippen LogP contribution in [0.5, 0.6) is 0 Å². The van der Waals surface area contributed by atoms with Crippen molar-refractivity contribution in [2.45, 2.75) is 24.2 Å². The second-order valence-corrected chi connectivity index (χ2v) is 6.69. The number of carbonyl (C=O) groups excluding carboxylic acids is 1. The van der Waals surface area contributed by atoms with Gasteiger partial charge in [0.05, 0.1) is 17.8 Å². The highest BCUT2D eigenvalue weighted by Gasteiger charge is 2.13. The molecule has 0 aliphatic heterocycles. The van der Waals surface area contributed by atoms with Crippen molar-refractivity contribution in [3.05, 3.63) is 89.1 Å². The molecule has 0 saturated carbocycles. The van der Waals surface area contributed by atoms with Crippen LogP contribution in [0.25, 0.3) is 0 Å². The van der Waals surface area contributed by atoms with E-state index < -0.39 is 0 Å². The maximum atomic E-state index is 13.0. The van der Waals surface area contributed by atoms with Crippen molar-refractivity contribution >= 4 is 17.7 Å². The van der Waals surface area contributed by atoms with Gasteiger partial charge in [0.2, 0.25) is 0 Å². The highest BCUT2D eigenvalue weighted by molar-refractivity contribution is 7.98. The summed E-state index contributed by atoms with van der Waals surface area (Å²) in [7, 11) is 0. The number of benzene rings is 1. The second kappa shape index (κ2) is 8.58. The standard InChI is InChI=1S/C20H18FN3OS/c1-14-4-2-5-17(24-14)12-23-19(25)18-6-3-11-22-20(18)26-13-15-7-9-16(21)10-8-15/h2-11H,12-13H2,1H3,(H,23,25). The molecule has 0 saturated heterocycles. The van der Waals surface area contributed by atoms with Crippen molar-refractivity contribution in [3.8, 4) is 0 Å². The van der Waals surface area contributed by atoms with Gasteiger partial charge in [-0.3, -0.25) is 9.78 Å². The monoisotopic (exact) mass is 367 g/mol. The Kier molecular flexibility index (Phi) is 5.96. The van der Waals surface area contributed by atoms with Gasteiger partial charge in [-0.1, -0.05) is 18.2 Å². The van der Waals surface area contributed by atoms with Gasteiger partial charge >= 0.3 is 0 Å². The topological polar surface area (TPSA) is 54.9 Å². The van der Waals surface area contributed by atoms with E-state index in [1.807, 2.05) is 25.1 Å².